The van der Waals surface area contributed by atoms with E-state index in [1.54, 1.807) is 12.1 Å². The first-order chi connectivity index (χ1) is 12.3. The van der Waals surface area contributed by atoms with Crippen molar-refractivity contribution in [2.24, 2.45) is 11.8 Å². The van der Waals surface area contributed by atoms with E-state index < -0.39 is 24.0 Å². The van der Waals surface area contributed by atoms with Crippen LogP contribution in [0.1, 0.15) is 5.56 Å². The lowest BCUT2D eigenvalue weighted by Crippen LogP contribution is -2.37. The standard InChI is InChI=1S/C17H20ClF3N2O3/c18-14-2-1-3-15(23-4-6-26-7-5-23)12(14)9-22-8-11(16(24)25)13(10-22)17(19,20)21/h1-3,11,13H,4-10H2,(H,24,25)/t11-,13-/m1/s1. The van der Waals surface area contributed by atoms with Crippen molar-refractivity contribution >= 4 is 23.3 Å². The molecule has 0 aromatic heterocycles. The van der Waals surface area contributed by atoms with Gasteiger partial charge in [0, 0.05) is 49.0 Å². The summed E-state index contributed by atoms with van der Waals surface area (Å²) < 4.78 is 44.9. The minimum atomic E-state index is -4.54. The molecule has 0 amide bonds. The van der Waals surface area contributed by atoms with Gasteiger partial charge in [-0.3, -0.25) is 9.69 Å². The fourth-order valence-electron chi connectivity index (χ4n) is 3.62. The highest BCUT2D eigenvalue weighted by atomic mass is 35.5. The number of carboxylic acid groups (broad SMARTS) is 1. The summed E-state index contributed by atoms with van der Waals surface area (Å²) in [5, 5.41) is 9.64. The zero-order valence-electron chi connectivity index (χ0n) is 14.0. The monoisotopic (exact) mass is 392 g/mol. The van der Waals surface area contributed by atoms with E-state index in [1.165, 1.54) is 4.90 Å². The average molecular weight is 393 g/mol. The van der Waals surface area contributed by atoms with E-state index in [0.717, 1.165) is 11.3 Å². The van der Waals surface area contributed by atoms with Crippen LogP contribution in [-0.4, -0.2) is 61.5 Å². The molecule has 0 aliphatic carbocycles. The molecule has 2 atom stereocenters. The van der Waals surface area contributed by atoms with E-state index >= 15 is 0 Å². The van der Waals surface area contributed by atoms with Gasteiger partial charge in [-0.15, -0.1) is 0 Å². The van der Waals surface area contributed by atoms with Gasteiger partial charge in [0.2, 0.25) is 0 Å². The largest absolute Gasteiger partial charge is 0.481 e. The van der Waals surface area contributed by atoms with E-state index in [9.17, 15) is 18.0 Å². The first-order valence-corrected chi connectivity index (χ1v) is 8.77. The summed E-state index contributed by atoms with van der Waals surface area (Å²) >= 11 is 6.33. The topological polar surface area (TPSA) is 53.0 Å². The van der Waals surface area contributed by atoms with Crippen LogP contribution in [0.25, 0.3) is 0 Å². The second-order valence-electron chi connectivity index (χ2n) is 6.62. The summed E-state index contributed by atoms with van der Waals surface area (Å²) in [5.41, 5.74) is 1.59. The maximum atomic E-state index is 13.2. The summed E-state index contributed by atoms with van der Waals surface area (Å²) in [6, 6.07) is 5.39. The zero-order chi connectivity index (χ0) is 18.9. The third-order valence-electron chi connectivity index (χ3n) is 4.96. The van der Waals surface area contributed by atoms with Crippen molar-refractivity contribution in [3.8, 4) is 0 Å². The molecule has 2 aliphatic rings. The second kappa shape index (κ2) is 7.62. The molecule has 144 valence electrons. The highest BCUT2D eigenvalue weighted by Gasteiger charge is 2.52. The third-order valence-corrected chi connectivity index (χ3v) is 5.31. The number of ether oxygens (including phenoxy) is 1. The molecule has 5 nitrogen and oxygen atoms in total. The van der Waals surface area contributed by atoms with Gasteiger partial charge in [0.15, 0.2) is 0 Å². The molecule has 0 spiro atoms. The van der Waals surface area contributed by atoms with E-state index in [1.807, 2.05) is 6.07 Å². The van der Waals surface area contributed by atoms with Crippen LogP contribution in [0.3, 0.4) is 0 Å². The molecule has 2 fully saturated rings. The molecule has 1 aromatic rings. The van der Waals surface area contributed by atoms with Gasteiger partial charge >= 0.3 is 12.1 Å². The number of aliphatic carboxylic acids is 1. The third kappa shape index (κ3) is 4.07. The fourth-order valence-corrected chi connectivity index (χ4v) is 3.85. The quantitative estimate of drug-likeness (QED) is 0.854. The zero-order valence-corrected chi connectivity index (χ0v) is 14.8. The number of morpholine rings is 1. The lowest BCUT2D eigenvalue weighted by Gasteiger charge is -2.32. The van der Waals surface area contributed by atoms with Gasteiger partial charge in [-0.05, 0) is 12.1 Å². The van der Waals surface area contributed by atoms with E-state index in [0.29, 0.717) is 31.3 Å². The summed E-state index contributed by atoms with van der Waals surface area (Å²) in [7, 11) is 0. The smallest absolute Gasteiger partial charge is 0.393 e. The number of benzene rings is 1. The van der Waals surface area contributed by atoms with E-state index in [-0.39, 0.29) is 19.6 Å². The van der Waals surface area contributed by atoms with Crippen molar-refractivity contribution in [3.63, 3.8) is 0 Å². The van der Waals surface area contributed by atoms with Gasteiger partial charge in [0.1, 0.15) is 0 Å². The molecule has 0 unspecified atom stereocenters. The van der Waals surface area contributed by atoms with Crippen LogP contribution in [0.2, 0.25) is 5.02 Å². The minimum absolute atomic E-state index is 0.146. The first kappa shape index (κ1) is 19.3. The Morgan fingerprint density at radius 1 is 1.27 bits per heavy atom. The summed E-state index contributed by atoms with van der Waals surface area (Å²) in [5.74, 6) is -4.74. The Hall–Kier alpha value is -1.51. The predicted octanol–water partition coefficient (Wildman–Crippen LogP) is 2.87. The Bertz CT molecular complexity index is 665. The van der Waals surface area contributed by atoms with Crippen LogP contribution in [0, 0.1) is 11.8 Å². The van der Waals surface area contributed by atoms with E-state index in [2.05, 4.69) is 4.90 Å². The molecule has 26 heavy (non-hydrogen) atoms. The van der Waals surface area contributed by atoms with Gasteiger partial charge in [-0.1, -0.05) is 17.7 Å². The van der Waals surface area contributed by atoms with Crippen LogP contribution < -0.4 is 4.90 Å². The molecule has 2 saturated heterocycles. The molecule has 2 heterocycles. The molecule has 2 aliphatic heterocycles. The molecular formula is C17H20ClF3N2O3. The van der Waals surface area contributed by atoms with Crippen molar-refractivity contribution in [2.75, 3.05) is 44.3 Å². The number of rotatable bonds is 4. The number of anilines is 1. The number of likely N-dealkylation sites (tertiary alicyclic amines) is 1. The Labute approximate surface area is 154 Å². The Morgan fingerprint density at radius 2 is 1.96 bits per heavy atom. The van der Waals surface area contributed by atoms with Crippen molar-refractivity contribution in [3.05, 3.63) is 28.8 Å². The molecule has 9 heteroatoms. The van der Waals surface area contributed by atoms with Gasteiger partial charge in [0.25, 0.3) is 0 Å². The first-order valence-electron chi connectivity index (χ1n) is 8.39. The molecule has 3 rings (SSSR count). The molecule has 0 radical (unpaired) electrons. The number of halogens is 4. The predicted molar refractivity (Wildman–Crippen MR) is 90.4 cm³/mol. The van der Waals surface area contributed by atoms with Crippen molar-refractivity contribution in [1.29, 1.82) is 0 Å². The SMILES string of the molecule is O=C(O)[C@@H]1CN(Cc2c(Cl)cccc2N2CCOCC2)C[C@H]1C(F)(F)F. The highest BCUT2D eigenvalue weighted by Crippen LogP contribution is 2.39. The number of alkyl halides is 3. The van der Waals surface area contributed by atoms with Crippen molar-refractivity contribution in [2.45, 2.75) is 12.7 Å². The number of hydrogen-bond acceptors (Lipinski definition) is 4. The van der Waals surface area contributed by atoms with Crippen LogP contribution in [0.15, 0.2) is 18.2 Å². The molecule has 1 aromatic carbocycles. The summed E-state index contributed by atoms with van der Waals surface area (Å²) in [4.78, 5) is 14.9. The second-order valence-corrected chi connectivity index (χ2v) is 7.03. The maximum Gasteiger partial charge on any atom is 0.393 e. The van der Waals surface area contributed by atoms with Crippen molar-refractivity contribution < 1.29 is 27.8 Å². The molecular weight excluding hydrogens is 373 g/mol. The van der Waals surface area contributed by atoms with Gasteiger partial charge in [0.05, 0.1) is 25.0 Å². The summed E-state index contributed by atoms with van der Waals surface area (Å²) in [6.07, 6.45) is -4.54. The average Bonchev–Trinajstić information content (AvgIpc) is 3.02. The normalized spacial score (nSPS) is 24.8. The maximum absolute atomic E-state index is 13.2. The van der Waals surface area contributed by atoms with Crippen LogP contribution in [0.4, 0.5) is 18.9 Å². The van der Waals surface area contributed by atoms with Crippen LogP contribution in [-0.2, 0) is 16.1 Å². The van der Waals surface area contributed by atoms with Gasteiger partial charge < -0.3 is 14.7 Å². The lowest BCUT2D eigenvalue weighted by molar-refractivity contribution is -0.188. The fraction of sp³-hybridized carbons (Fsp3) is 0.588. The van der Waals surface area contributed by atoms with Gasteiger partial charge in [-0.2, -0.15) is 13.2 Å². The Morgan fingerprint density at radius 3 is 2.54 bits per heavy atom. The Balaban J connectivity index is 1.82. The van der Waals surface area contributed by atoms with E-state index in [4.69, 9.17) is 21.4 Å². The number of carboxylic acids is 1. The highest BCUT2D eigenvalue weighted by molar-refractivity contribution is 6.31. The minimum Gasteiger partial charge on any atom is -0.481 e. The molecule has 0 saturated carbocycles. The lowest BCUT2D eigenvalue weighted by atomic mass is 9.96. The number of carbonyl (C=O) groups is 1. The van der Waals surface area contributed by atoms with Crippen LogP contribution in [0.5, 0.6) is 0 Å². The summed E-state index contributed by atoms with van der Waals surface area (Å²) in [6.45, 7) is 2.20. The Kier molecular flexibility index (Phi) is 5.64. The van der Waals surface area contributed by atoms with Gasteiger partial charge in [-0.25, -0.2) is 0 Å². The number of nitrogens with zero attached hydrogens (tertiary/aromatic N) is 2. The molecule has 1 N–H and O–H groups in total. The van der Waals surface area contributed by atoms with Crippen LogP contribution >= 0.6 is 11.6 Å². The molecule has 0 bridgehead atoms. The van der Waals surface area contributed by atoms with Crippen molar-refractivity contribution in [1.82, 2.24) is 4.90 Å². The number of hydrogen-bond donors (Lipinski definition) is 1.